The van der Waals surface area contributed by atoms with Gasteiger partial charge < -0.3 is 15.4 Å². The quantitative estimate of drug-likeness (QED) is 0.670. The minimum absolute atomic E-state index is 0. The number of hydrogen-bond donors (Lipinski definition) is 1. The van der Waals surface area contributed by atoms with Crippen LogP contribution in [0.4, 0.5) is 5.69 Å². The molecule has 1 aliphatic heterocycles. The molecule has 2 rings (SSSR count). The number of carbonyl (C=O) groups is 1. The summed E-state index contributed by atoms with van der Waals surface area (Å²) in [5.41, 5.74) is 5.63. The number of amides is 1. The van der Waals surface area contributed by atoms with Crippen LogP contribution in [-0.4, -0.2) is 41.0 Å². The topological polar surface area (TPSA) is 98.7 Å². The van der Waals surface area contributed by atoms with Crippen LogP contribution in [0.1, 0.15) is 19.8 Å². The molecule has 0 aromatic heterocycles. The summed E-state index contributed by atoms with van der Waals surface area (Å²) in [7, 11) is 0. The van der Waals surface area contributed by atoms with Gasteiger partial charge in [0.25, 0.3) is 5.69 Å². The van der Waals surface area contributed by atoms with Gasteiger partial charge in [-0.15, -0.1) is 12.4 Å². The minimum atomic E-state index is -0.475. The molecule has 0 unspecified atom stereocenters. The van der Waals surface area contributed by atoms with Crippen LogP contribution in [-0.2, 0) is 4.79 Å². The van der Waals surface area contributed by atoms with Crippen LogP contribution in [0.25, 0.3) is 0 Å². The van der Waals surface area contributed by atoms with Gasteiger partial charge in [0.2, 0.25) is 5.91 Å². The Morgan fingerprint density at radius 1 is 1.36 bits per heavy atom. The molecule has 0 spiro atoms. The highest BCUT2D eigenvalue weighted by Gasteiger charge is 2.25. The molecule has 1 saturated heterocycles. The predicted octanol–water partition coefficient (Wildman–Crippen LogP) is 1.73. The van der Waals surface area contributed by atoms with Gasteiger partial charge in [-0.1, -0.05) is 0 Å². The third-order valence-electron chi connectivity index (χ3n) is 3.49. The van der Waals surface area contributed by atoms with Crippen molar-refractivity contribution in [3.63, 3.8) is 0 Å². The number of nitrogens with zero attached hydrogens (tertiary/aromatic N) is 2. The van der Waals surface area contributed by atoms with Gasteiger partial charge in [0.05, 0.1) is 11.0 Å². The monoisotopic (exact) mass is 329 g/mol. The van der Waals surface area contributed by atoms with E-state index in [-0.39, 0.29) is 30.1 Å². The lowest BCUT2D eigenvalue weighted by molar-refractivity contribution is -0.384. The van der Waals surface area contributed by atoms with Crippen LogP contribution < -0.4 is 10.5 Å². The van der Waals surface area contributed by atoms with Crippen molar-refractivity contribution in [2.45, 2.75) is 31.9 Å². The zero-order valence-corrected chi connectivity index (χ0v) is 13.1. The zero-order valence-electron chi connectivity index (χ0n) is 12.3. The molecule has 122 valence electrons. The molecule has 22 heavy (non-hydrogen) atoms. The Kier molecular flexibility index (Phi) is 6.58. The number of carbonyl (C=O) groups excluding carboxylic acids is 1. The van der Waals surface area contributed by atoms with Crippen molar-refractivity contribution in [3.05, 3.63) is 34.4 Å². The molecule has 2 N–H and O–H groups in total. The zero-order chi connectivity index (χ0) is 15.4. The largest absolute Gasteiger partial charge is 0.490 e. The second-order valence-corrected chi connectivity index (χ2v) is 5.18. The summed E-state index contributed by atoms with van der Waals surface area (Å²) in [6.07, 6.45) is 1.48. The van der Waals surface area contributed by atoms with Crippen LogP contribution in [0.3, 0.4) is 0 Å². The van der Waals surface area contributed by atoms with Crippen LogP contribution in [0, 0.1) is 10.1 Å². The molecule has 0 radical (unpaired) electrons. The molecule has 1 aliphatic rings. The first-order valence-corrected chi connectivity index (χ1v) is 6.93. The van der Waals surface area contributed by atoms with Gasteiger partial charge in [-0.25, -0.2) is 0 Å². The Morgan fingerprint density at radius 3 is 2.36 bits per heavy atom. The molecule has 1 amide bonds. The smallest absolute Gasteiger partial charge is 0.269 e. The average Bonchev–Trinajstić information content (AvgIpc) is 2.47. The number of halogens is 1. The lowest BCUT2D eigenvalue weighted by atomic mass is 10.1. The molecule has 0 bridgehead atoms. The SMILES string of the molecule is C[C@H](N)C(=O)N1CCC(Oc2ccc([N+](=O)[O-])cc2)CC1.Cl. The number of rotatable bonds is 4. The molecule has 1 heterocycles. The van der Waals surface area contributed by atoms with E-state index in [2.05, 4.69) is 0 Å². The fourth-order valence-corrected chi connectivity index (χ4v) is 2.32. The summed E-state index contributed by atoms with van der Waals surface area (Å²) in [6.45, 7) is 2.93. The number of benzene rings is 1. The number of hydrogen-bond acceptors (Lipinski definition) is 5. The third kappa shape index (κ3) is 4.57. The number of nitro benzene ring substituents is 1. The number of ether oxygens (including phenoxy) is 1. The first kappa shape index (κ1) is 18.2. The second kappa shape index (κ2) is 7.95. The number of piperidine rings is 1. The van der Waals surface area contributed by atoms with E-state index >= 15 is 0 Å². The molecular formula is C14H20ClN3O4. The summed E-state index contributed by atoms with van der Waals surface area (Å²) >= 11 is 0. The van der Waals surface area contributed by atoms with E-state index in [1.165, 1.54) is 12.1 Å². The van der Waals surface area contributed by atoms with Crippen LogP contribution in [0.5, 0.6) is 5.75 Å². The summed E-state index contributed by atoms with van der Waals surface area (Å²) in [4.78, 5) is 23.6. The Hall–Kier alpha value is -1.86. The van der Waals surface area contributed by atoms with Gasteiger partial charge in [0.15, 0.2) is 0 Å². The van der Waals surface area contributed by atoms with E-state index in [0.717, 1.165) is 12.8 Å². The Bertz CT molecular complexity index is 513. The van der Waals surface area contributed by atoms with Gasteiger partial charge in [-0.05, 0) is 19.1 Å². The molecule has 7 nitrogen and oxygen atoms in total. The Balaban J connectivity index is 0.00000242. The van der Waals surface area contributed by atoms with E-state index in [9.17, 15) is 14.9 Å². The predicted molar refractivity (Wildman–Crippen MR) is 84.2 cm³/mol. The average molecular weight is 330 g/mol. The maximum absolute atomic E-state index is 11.8. The fourth-order valence-electron chi connectivity index (χ4n) is 2.32. The lowest BCUT2D eigenvalue weighted by Crippen LogP contribution is -2.47. The number of nitro groups is 1. The Labute approximate surface area is 135 Å². The van der Waals surface area contributed by atoms with Gasteiger partial charge in [0.1, 0.15) is 11.9 Å². The first-order chi connectivity index (χ1) is 9.97. The highest BCUT2D eigenvalue weighted by atomic mass is 35.5. The summed E-state index contributed by atoms with van der Waals surface area (Å²) in [5, 5.41) is 10.6. The van der Waals surface area contributed by atoms with Crippen molar-refractivity contribution >= 4 is 24.0 Å². The maximum Gasteiger partial charge on any atom is 0.269 e. The molecule has 1 aromatic carbocycles. The second-order valence-electron chi connectivity index (χ2n) is 5.18. The number of likely N-dealkylation sites (tertiary alicyclic amines) is 1. The van der Waals surface area contributed by atoms with Crippen LogP contribution >= 0.6 is 12.4 Å². The molecule has 8 heteroatoms. The normalized spacial score (nSPS) is 16.5. The van der Waals surface area contributed by atoms with Crippen molar-refractivity contribution in [3.8, 4) is 5.75 Å². The Morgan fingerprint density at radius 2 is 1.91 bits per heavy atom. The standard InChI is InChI=1S/C14H19N3O4.ClH/c1-10(15)14(18)16-8-6-13(7-9-16)21-12-4-2-11(3-5-12)17(19)20;/h2-5,10,13H,6-9,15H2,1H3;1H/t10-;/m0./s1. The van der Waals surface area contributed by atoms with E-state index < -0.39 is 11.0 Å². The van der Waals surface area contributed by atoms with Crippen LogP contribution in [0.15, 0.2) is 24.3 Å². The molecule has 1 fully saturated rings. The lowest BCUT2D eigenvalue weighted by Gasteiger charge is -2.33. The molecule has 1 aromatic rings. The summed E-state index contributed by atoms with van der Waals surface area (Å²) < 4.78 is 5.79. The highest BCUT2D eigenvalue weighted by Crippen LogP contribution is 2.22. The van der Waals surface area contributed by atoms with E-state index in [0.29, 0.717) is 18.8 Å². The van der Waals surface area contributed by atoms with Gasteiger partial charge in [-0.2, -0.15) is 0 Å². The number of nitrogens with two attached hydrogens (primary N) is 1. The van der Waals surface area contributed by atoms with Gasteiger partial charge in [0, 0.05) is 38.1 Å². The van der Waals surface area contributed by atoms with Crippen molar-refractivity contribution < 1.29 is 14.5 Å². The van der Waals surface area contributed by atoms with E-state index in [4.69, 9.17) is 10.5 Å². The minimum Gasteiger partial charge on any atom is -0.490 e. The van der Waals surface area contributed by atoms with Gasteiger partial charge in [-0.3, -0.25) is 14.9 Å². The summed E-state index contributed by atoms with van der Waals surface area (Å²) in [5.74, 6) is 0.571. The van der Waals surface area contributed by atoms with Crippen LogP contribution in [0.2, 0.25) is 0 Å². The molecular weight excluding hydrogens is 310 g/mol. The maximum atomic E-state index is 11.8. The van der Waals surface area contributed by atoms with Crippen molar-refractivity contribution in [1.82, 2.24) is 4.90 Å². The number of non-ortho nitro benzene ring substituents is 1. The first-order valence-electron chi connectivity index (χ1n) is 6.93. The van der Waals surface area contributed by atoms with E-state index in [1.807, 2.05) is 0 Å². The summed E-state index contributed by atoms with van der Waals surface area (Å²) in [6, 6.07) is 5.56. The third-order valence-corrected chi connectivity index (χ3v) is 3.49. The fraction of sp³-hybridized carbons (Fsp3) is 0.500. The molecule has 1 atom stereocenters. The van der Waals surface area contributed by atoms with Crippen molar-refractivity contribution in [2.75, 3.05) is 13.1 Å². The van der Waals surface area contributed by atoms with Crippen molar-refractivity contribution in [1.29, 1.82) is 0 Å². The van der Waals surface area contributed by atoms with E-state index in [1.54, 1.807) is 24.0 Å². The molecule has 0 saturated carbocycles. The highest BCUT2D eigenvalue weighted by molar-refractivity contribution is 5.85. The molecule has 0 aliphatic carbocycles. The van der Waals surface area contributed by atoms with Gasteiger partial charge >= 0.3 is 0 Å². The van der Waals surface area contributed by atoms with Crippen molar-refractivity contribution in [2.24, 2.45) is 5.73 Å².